The van der Waals surface area contributed by atoms with E-state index in [9.17, 15) is 22.9 Å². The molecule has 1 fully saturated rings. The monoisotopic (exact) mass is 317 g/mol. The van der Waals surface area contributed by atoms with E-state index < -0.39 is 31.3 Å². The fourth-order valence-corrected chi connectivity index (χ4v) is 3.90. The number of rotatable bonds is 4. The fraction of sp³-hybridized carbons (Fsp3) is 0.500. The van der Waals surface area contributed by atoms with E-state index in [1.165, 1.54) is 0 Å². The Bertz CT molecular complexity index is 642. The van der Waals surface area contributed by atoms with Crippen LogP contribution in [0, 0.1) is 15.9 Å². The molecular formula is C12H16FN3O4S. The van der Waals surface area contributed by atoms with Crippen LogP contribution in [-0.2, 0) is 10.0 Å². The van der Waals surface area contributed by atoms with Gasteiger partial charge in [0.2, 0.25) is 15.8 Å². The number of hydrogen-bond donors (Lipinski definition) is 2. The average Bonchev–Trinajstić information content (AvgIpc) is 2.40. The number of nitrogens with zero attached hydrogens (tertiary/aromatic N) is 1. The van der Waals surface area contributed by atoms with Gasteiger partial charge in [-0.3, -0.25) is 10.1 Å². The standard InChI is InChI=1S/C12H16FN3O4S/c13-10-2-1-3-11(12(10)16(17)18)21(19,20)15-9-6-4-8(14)5-7-9/h1-3,8-9,15H,4-7,14H2. The first-order chi connectivity index (χ1) is 9.81. The first-order valence-electron chi connectivity index (χ1n) is 6.52. The molecule has 0 unspecified atom stereocenters. The van der Waals surface area contributed by atoms with E-state index in [1.807, 2.05) is 0 Å². The first kappa shape index (κ1) is 15.8. The molecule has 0 bridgehead atoms. The molecule has 0 heterocycles. The molecule has 1 aliphatic carbocycles. The Morgan fingerprint density at radius 2 is 1.90 bits per heavy atom. The lowest BCUT2D eigenvalue weighted by Crippen LogP contribution is -2.40. The van der Waals surface area contributed by atoms with Crippen LogP contribution in [0.4, 0.5) is 10.1 Å². The van der Waals surface area contributed by atoms with E-state index in [4.69, 9.17) is 5.73 Å². The molecule has 1 aromatic carbocycles. The third kappa shape index (κ3) is 3.55. The molecule has 0 aliphatic heterocycles. The minimum Gasteiger partial charge on any atom is -0.328 e. The molecule has 116 valence electrons. The van der Waals surface area contributed by atoms with Crippen molar-refractivity contribution in [3.8, 4) is 0 Å². The molecule has 21 heavy (non-hydrogen) atoms. The summed E-state index contributed by atoms with van der Waals surface area (Å²) in [6.45, 7) is 0. The van der Waals surface area contributed by atoms with Crippen LogP contribution in [-0.4, -0.2) is 25.4 Å². The Morgan fingerprint density at radius 1 is 1.29 bits per heavy atom. The molecule has 1 saturated carbocycles. The van der Waals surface area contributed by atoms with Crippen molar-refractivity contribution in [2.75, 3.05) is 0 Å². The molecule has 3 N–H and O–H groups in total. The summed E-state index contributed by atoms with van der Waals surface area (Å²) in [4.78, 5) is 9.20. The Kier molecular flexibility index (Phi) is 4.55. The van der Waals surface area contributed by atoms with Crippen molar-refractivity contribution >= 4 is 15.7 Å². The average molecular weight is 317 g/mol. The van der Waals surface area contributed by atoms with E-state index in [2.05, 4.69) is 4.72 Å². The maximum Gasteiger partial charge on any atom is 0.324 e. The second-order valence-corrected chi connectivity index (χ2v) is 6.76. The lowest BCUT2D eigenvalue weighted by atomic mass is 9.93. The predicted octanol–water partition coefficient (Wildman–Crippen LogP) is 1.28. The molecule has 0 amide bonds. The Morgan fingerprint density at radius 3 is 2.48 bits per heavy atom. The number of benzene rings is 1. The van der Waals surface area contributed by atoms with Crippen LogP contribution in [0.1, 0.15) is 25.7 Å². The lowest BCUT2D eigenvalue weighted by molar-refractivity contribution is -0.390. The van der Waals surface area contributed by atoms with Crippen LogP contribution >= 0.6 is 0 Å². The van der Waals surface area contributed by atoms with Crippen molar-refractivity contribution in [1.82, 2.24) is 4.72 Å². The zero-order valence-corrected chi connectivity index (χ0v) is 12.0. The normalized spacial score (nSPS) is 23.0. The van der Waals surface area contributed by atoms with Gasteiger partial charge in [0, 0.05) is 12.1 Å². The van der Waals surface area contributed by atoms with Crippen molar-refractivity contribution in [2.24, 2.45) is 5.73 Å². The topological polar surface area (TPSA) is 115 Å². The smallest absolute Gasteiger partial charge is 0.324 e. The van der Waals surface area contributed by atoms with Gasteiger partial charge in [-0.1, -0.05) is 6.07 Å². The maximum atomic E-state index is 13.5. The van der Waals surface area contributed by atoms with E-state index >= 15 is 0 Å². The van der Waals surface area contributed by atoms with E-state index in [0.29, 0.717) is 25.7 Å². The number of nitrogens with two attached hydrogens (primary N) is 1. The third-order valence-corrected chi connectivity index (χ3v) is 5.07. The van der Waals surface area contributed by atoms with E-state index in [-0.39, 0.29) is 12.1 Å². The number of nitrogens with one attached hydrogen (secondary N) is 1. The molecule has 1 aliphatic rings. The lowest BCUT2D eigenvalue weighted by Gasteiger charge is -2.26. The summed E-state index contributed by atoms with van der Waals surface area (Å²) in [5.41, 5.74) is 4.71. The molecule has 1 aromatic rings. The predicted molar refractivity (Wildman–Crippen MR) is 73.6 cm³/mol. The van der Waals surface area contributed by atoms with Crippen molar-refractivity contribution in [3.05, 3.63) is 34.1 Å². The Labute approximate surface area is 121 Å². The second kappa shape index (κ2) is 6.04. The maximum absolute atomic E-state index is 13.5. The van der Waals surface area contributed by atoms with Crippen LogP contribution in [0.5, 0.6) is 0 Å². The van der Waals surface area contributed by atoms with Crippen LogP contribution in [0.3, 0.4) is 0 Å². The summed E-state index contributed by atoms with van der Waals surface area (Å²) in [5.74, 6) is -1.17. The van der Waals surface area contributed by atoms with Gasteiger partial charge in [0.05, 0.1) is 4.92 Å². The molecule has 0 atom stereocenters. The van der Waals surface area contributed by atoms with Crippen LogP contribution in [0.15, 0.2) is 23.1 Å². The molecule has 0 aromatic heterocycles. The molecule has 0 saturated heterocycles. The minimum atomic E-state index is -4.15. The van der Waals surface area contributed by atoms with Gasteiger partial charge in [-0.05, 0) is 37.8 Å². The molecule has 7 nitrogen and oxygen atoms in total. The molecule has 0 spiro atoms. The summed E-state index contributed by atoms with van der Waals surface area (Å²) in [6.07, 6.45) is 2.48. The summed E-state index contributed by atoms with van der Waals surface area (Å²) in [5, 5.41) is 10.9. The van der Waals surface area contributed by atoms with E-state index in [1.54, 1.807) is 0 Å². The fourth-order valence-electron chi connectivity index (χ4n) is 2.41. The number of sulfonamides is 1. The van der Waals surface area contributed by atoms with Gasteiger partial charge in [-0.25, -0.2) is 13.1 Å². The highest BCUT2D eigenvalue weighted by atomic mass is 32.2. The van der Waals surface area contributed by atoms with Gasteiger partial charge in [-0.2, -0.15) is 4.39 Å². The van der Waals surface area contributed by atoms with Crippen LogP contribution in [0.2, 0.25) is 0 Å². The van der Waals surface area contributed by atoms with Crippen molar-refractivity contribution in [1.29, 1.82) is 0 Å². The third-order valence-electron chi connectivity index (χ3n) is 3.52. The number of halogens is 1. The van der Waals surface area contributed by atoms with Gasteiger partial charge in [0.15, 0.2) is 4.90 Å². The zero-order valence-electron chi connectivity index (χ0n) is 11.2. The van der Waals surface area contributed by atoms with Gasteiger partial charge in [-0.15, -0.1) is 0 Å². The highest BCUT2D eigenvalue weighted by Crippen LogP contribution is 2.27. The summed E-state index contributed by atoms with van der Waals surface area (Å²) >= 11 is 0. The Hall–Kier alpha value is -1.58. The van der Waals surface area contributed by atoms with Crippen molar-refractivity contribution < 1.29 is 17.7 Å². The number of hydrogen-bond acceptors (Lipinski definition) is 5. The number of para-hydroxylation sites is 1. The molecule has 9 heteroatoms. The van der Waals surface area contributed by atoms with Gasteiger partial charge < -0.3 is 5.73 Å². The zero-order chi connectivity index (χ0) is 15.6. The van der Waals surface area contributed by atoms with Gasteiger partial charge >= 0.3 is 5.69 Å². The summed E-state index contributed by atoms with van der Waals surface area (Å²) < 4.78 is 40.4. The highest BCUT2D eigenvalue weighted by molar-refractivity contribution is 7.89. The van der Waals surface area contributed by atoms with Gasteiger partial charge in [0.1, 0.15) is 0 Å². The SMILES string of the molecule is NC1CCC(NS(=O)(=O)c2cccc(F)c2[N+](=O)[O-])CC1. The Balaban J connectivity index is 2.28. The summed E-state index contributed by atoms with van der Waals surface area (Å²) in [6, 6.07) is 2.73. The molecule has 0 radical (unpaired) electrons. The van der Waals surface area contributed by atoms with Crippen LogP contribution in [0.25, 0.3) is 0 Å². The second-order valence-electron chi connectivity index (χ2n) is 5.08. The number of nitro groups is 1. The number of nitro benzene ring substituents is 1. The minimum absolute atomic E-state index is 0.0502. The van der Waals surface area contributed by atoms with Crippen LogP contribution < -0.4 is 10.5 Å². The quantitative estimate of drug-likeness (QED) is 0.641. The van der Waals surface area contributed by atoms with Crippen molar-refractivity contribution in [3.63, 3.8) is 0 Å². The van der Waals surface area contributed by atoms with E-state index in [0.717, 1.165) is 18.2 Å². The first-order valence-corrected chi connectivity index (χ1v) is 8.00. The van der Waals surface area contributed by atoms with Gasteiger partial charge in [0.25, 0.3) is 0 Å². The summed E-state index contributed by atoms with van der Waals surface area (Å²) in [7, 11) is -4.15. The molecule has 2 rings (SSSR count). The van der Waals surface area contributed by atoms with Crippen molar-refractivity contribution in [2.45, 2.75) is 42.7 Å². The molecular weight excluding hydrogens is 301 g/mol. The largest absolute Gasteiger partial charge is 0.328 e. The highest BCUT2D eigenvalue weighted by Gasteiger charge is 2.32.